The Labute approximate surface area is 216 Å². The molecule has 0 aromatic carbocycles. The molecule has 3 N–H and O–H groups in total. The Hall–Kier alpha value is -4.16. The smallest absolute Gasteiger partial charge is 0.383 e. The molecule has 10 nitrogen and oxygen atoms in total. The molecule has 3 aromatic rings. The van der Waals surface area contributed by atoms with E-state index >= 15 is 0 Å². The van der Waals surface area contributed by atoms with Gasteiger partial charge < -0.3 is 11.1 Å². The summed E-state index contributed by atoms with van der Waals surface area (Å²) >= 11 is 0. The van der Waals surface area contributed by atoms with Gasteiger partial charge in [-0.25, -0.2) is 19.6 Å². The normalized spacial score (nSPS) is 19.4. The molecule has 1 amide bonds. The van der Waals surface area contributed by atoms with Gasteiger partial charge in [0.1, 0.15) is 23.4 Å². The number of alkyl halides is 3. The summed E-state index contributed by atoms with van der Waals surface area (Å²) in [7, 11) is 0. The van der Waals surface area contributed by atoms with Gasteiger partial charge in [-0.15, -0.1) is 0 Å². The van der Waals surface area contributed by atoms with Gasteiger partial charge in [-0.05, 0) is 43.7 Å². The van der Waals surface area contributed by atoms with E-state index in [-0.39, 0.29) is 35.6 Å². The minimum atomic E-state index is -4.54. The van der Waals surface area contributed by atoms with E-state index in [1.165, 1.54) is 23.3 Å². The van der Waals surface area contributed by atoms with Crippen LogP contribution in [0, 0.1) is 5.92 Å². The number of unbranched alkanes of at least 4 members (excludes halogenated alkanes) is 1. The second kappa shape index (κ2) is 9.62. The summed E-state index contributed by atoms with van der Waals surface area (Å²) in [5.74, 6) is 0.548. The first-order valence-corrected chi connectivity index (χ1v) is 12.3. The van der Waals surface area contributed by atoms with Crippen molar-refractivity contribution in [2.75, 3.05) is 11.1 Å². The number of nitrogens with zero attached hydrogens (tertiary/aromatic N) is 7. The number of rotatable bonds is 9. The van der Waals surface area contributed by atoms with Crippen molar-refractivity contribution < 1.29 is 18.0 Å². The van der Waals surface area contributed by atoms with Crippen LogP contribution in [0.3, 0.4) is 0 Å². The zero-order valence-corrected chi connectivity index (χ0v) is 20.7. The van der Waals surface area contributed by atoms with Gasteiger partial charge in [0.15, 0.2) is 11.6 Å². The van der Waals surface area contributed by atoms with E-state index in [0.717, 1.165) is 25.1 Å². The number of fused-ring (bicyclic) bond motifs is 1. The lowest BCUT2D eigenvalue weighted by Gasteiger charge is -2.27. The predicted octanol–water partition coefficient (Wildman–Crippen LogP) is 3.99. The first-order valence-electron chi connectivity index (χ1n) is 12.3. The van der Waals surface area contributed by atoms with Crippen LogP contribution in [0.25, 0.3) is 6.20 Å². The molecule has 1 saturated carbocycles. The number of amides is 1. The maximum absolute atomic E-state index is 13.4. The number of aliphatic imine (C=N–C) groups is 1. The number of nitrogens with two attached hydrogens (primary N) is 1. The van der Waals surface area contributed by atoms with Crippen LogP contribution in [-0.2, 0) is 22.9 Å². The van der Waals surface area contributed by atoms with Crippen LogP contribution in [0.1, 0.15) is 67.5 Å². The average Bonchev–Trinajstić information content (AvgIpc) is 3.54. The number of carbonyl (C=O) groups excluding carboxylic acids is 1. The van der Waals surface area contributed by atoms with Gasteiger partial charge >= 0.3 is 6.18 Å². The number of hydrogen-bond acceptors (Lipinski definition) is 8. The molecule has 5 rings (SSSR count). The summed E-state index contributed by atoms with van der Waals surface area (Å²) in [6.45, 7) is 5.89. The van der Waals surface area contributed by atoms with Crippen LogP contribution in [0.4, 0.5) is 24.8 Å². The van der Waals surface area contributed by atoms with E-state index in [9.17, 15) is 18.0 Å². The minimum Gasteiger partial charge on any atom is -0.383 e. The van der Waals surface area contributed by atoms with E-state index in [2.05, 4.69) is 48.8 Å². The number of halogens is 3. The summed E-state index contributed by atoms with van der Waals surface area (Å²) in [5, 5.41) is 6.90. The fourth-order valence-electron chi connectivity index (χ4n) is 4.91. The number of hydrogen-bond donors (Lipinski definition) is 2. The zero-order chi connectivity index (χ0) is 27.1. The Balaban J connectivity index is 1.52. The van der Waals surface area contributed by atoms with Crippen molar-refractivity contribution in [3.05, 3.63) is 59.7 Å². The van der Waals surface area contributed by atoms with E-state index in [1.807, 2.05) is 0 Å². The molecule has 3 aromatic heterocycles. The molecule has 1 unspecified atom stereocenters. The summed E-state index contributed by atoms with van der Waals surface area (Å²) in [6.07, 6.45) is 3.06. The Kier molecular flexibility index (Phi) is 6.45. The maximum atomic E-state index is 13.4. The molecule has 4 heterocycles. The Morgan fingerprint density at radius 2 is 2.11 bits per heavy atom. The molecule has 0 bridgehead atoms. The minimum absolute atomic E-state index is 0.0662. The molecule has 1 aliphatic heterocycles. The number of nitrogen functional groups attached to an aromatic ring is 1. The van der Waals surface area contributed by atoms with E-state index < -0.39 is 23.1 Å². The van der Waals surface area contributed by atoms with Crippen LogP contribution < -0.4 is 11.1 Å². The number of nitrogens with one attached hydrogen (secondary N) is 1. The lowest BCUT2D eigenvalue weighted by atomic mass is 9.74. The quantitative estimate of drug-likeness (QED) is 0.403. The van der Waals surface area contributed by atoms with Crippen molar-refractivity contribution in [2.45, 2.75) is 57.2 Å². The maximum Gasteiger partial charge on any atom is 0.417 e. The molecule has 0 saturated heterocycles. The molecule has 0 spiro atoms. The molecular formula is C25H26F3N9O. The van der Waals surface area contributed by atoms with Gasteiger partial charge in [0.2, 0.25) is 5.91 Å². The van der Waals surface area contributed by atoms with Gasteiger partial charge in [0.25, 0.3) is 0 Å². The van der Waals surface area contributed by atoms with Crippen LogP contribution in [0.2, 0.25) is 0 Å². The highest BCUT2D eigenvalue weighted by Crippen LogP contribution is 2.57. The number of pyridine rings is 1. The lowest BCUT2D eigenvalue weighted by Crippen LogP contribution is -2.39. The van der Waals surface area contributed by atoms with Crippen molar-refractivity contribution in [1.29, 1.82) is 0 Å². The van der Waals surface area contributed by atoms with Crippen molar-refractivity contribution in [1.82, 2.24) is 29.7 Å². The number of anilines is 2. The second-order valence-electron chi connectivity index (χ2n) is 9.29. The third kappa shape index (κ3) is 4.31. The van der Waals surface area contributed by atoms with Gasteiger partial charge in [0.05, 0.1) is 29.1 Å². The first kappa shape index (κ1) is 25.5. The van der Waals surface area contributed by atoms with Gasteiger partial charge in [-0.3, -0.25) is 14.8 Å². The molecule has 1 atom stereocenters. The summed E-state index contributed by atoms with van der Waals surface area (Å²) in [5.41, 5.74) is 5.40. The fourth-order valence-corrected chi connectivity index (χ4v) is 4.91. The monoisotopic (exact) mass is 525 g/mol. The highest BCUT2D eigenvalue weighted by atomic mass is 19.4. The van der Waals surface area contributed by atoms with Gasteiger partial charge in [0, 0.05) is 12.4 Å². The van der Waals surface area contributed by atoms with Crippen molar-refractivity contribution >= 4 is 29.5 Å². The zero-order valence-electron chi connectivity index (χ0n) is 20.7. The van der Waals surface area contributed by atoms with E-state index in [1.54, 1.807) is 0 Å². The van der Waals surface area contributed by atoms with Crippen molar-refractivity contribution in [3.8, 4) is 0 Å². The standard InChI is InChI=1S/C25H26F3N9O/c1-3-5-6-16(22-32-13-33-37(22)4-2)30-12-18-34-20(29)19-21(35-18)36-23(38)24(19,14-7-8-14)17-10-9-15(11-31-17)25(26,27)28/h4,9-11,13-14H,2-3,5-8,12H2,1H3,(H3,29,34,35,36,38)/b30-16-. The molecule has 198 valence electrons. The summed E-state index contributed by atoms with van der Waals surface area (Å²) in [6, 6.07) is 2.17. The Morgan fingerprint density at radius 3 is 2.74 bits per heavy atom. The molecule has 13 heteroatoms. The molecule has 1 fully saturated rings. The third-order valence-electron chi connectivity index (χ3n) is 6.83. The predicted molar refractivity (Wildman–Crippen MR) is 134 cm³/mol. The fraction of sp³-hybridized carbons (Fsp3) is 0.400. The Bertz CT molecular complexity index is 1410. The first-order chi connectivity index (χ1) is 18.2. The lowest BCUT2D eigenvalue weighted by molar-refractivity contribution is -0.137. The van der Waals surface area contributed by atoms with Crippen LogP contribution in [-0.4, -0.2) is 41.3 Å². The number of aromatic nitrogens is 6. The molecule has 0 radical (unpaired) electrons. The highest BCUT2D eigenvalue weighted by molar-refractivity contribution is 6.09. The van der Waals surface area contributed by atoms with Crippen molar-refractivity contribution in [2.24, 2.45) is 10.9 Å². The summed E-state index contributed by atoms with van der Waals surface area (Å²) < 4.78 is 40.9. The van der Waals surface area contributed by atoms with E-state index in [0.29, 0.717) is 36.4 Å². The van der Waals surface area contributed by atoms with Gasteiger partial charge in [-0.1, -0.05) is 19.9 Å². The van der Waals surface area contributed by atoms with Gasteiger partial charge in [-0.2, -0.15) is 18.3 Å². The van der Waals surface area contributed by atoms with E-state index in [4.69, 9.17) is 5.73 Å². The summed E-state index contributed by atoms with van der Waals surface area (Å²) in [4.78, 5) is 35.4. The Morgan fingerprint density at radius 1 is 1.32 bits per heavy atom. The van der Waals surface area contributed by atoms with Crippen LogP contribution >= 0.6 is 0 Å². The topological polar surface area (TPSA) is 137 Å². The largest absolute Gasteiger partial charge is 0.417 e. The highest BCUT2D eigenvalue weighted by Gasteiger charge is 2.60. The molecule has 38 heavy (non-hydrogen) atoms. The molecule has 2 aliphatic rings. The second-order valence-corrected chi connectivity index (χ2v) is 9.29. The SMILES string of the molecule is C=Cn1ncnc1/C(CCCC)=N\Cc1nc(N)c2c(n1)NC(=O)C2(c1ccc(C(F)(F)F)cn1)C1CC1. The van der Waals surface area contributed by atoms with Crippen LogP contribution in [0.15, 0.2) is 36.2 Å². The van der Waals surface area contributed by atoms with Crippen molar-refractivity contribution in [3.63, 3.8) is 0 Å². The molecular weight excluding hydrogens is 499 g/mol. The molecule has 1 aliphatic carbocycles. The third-order valence-corrected chi connectivity index (χ3v) is 6.83. The van der Waals surface area contributed by atoms with Crippen LogP contribution in [0.5, 0.6) is 0 Å². The average molecular weight is 526 g/mol. The number of carbonyl (C=O) groups is 1.